The van der Waals surface area contributed by atoms with Crippen LogP contribution in [0.1, 0.15) is 62.3 Å². The van der Waals surface area contributed by atoms with Crippen molar-refractivity contribution in [2.45, 2.75) is 66.2 Å². The van der Waals surface area contributed by atoms with Gasteiger partial charge in [-0.3, -0.25) is 0 Å². The lowest BCUT2D eigenvalue weighted by atomic mass is 10.0. The summed E-state index contributed by atoms with van der Waals surface area (Å²) in [6.07, 6.45) is 5.08. The van der Waals surface area contributed by atoms with Crippen LogP contribution >= 0.6 is 0 Å². The zero-order chi connectivity index (χ0) is 45.4. The number of nitrogen functional groups attached to an aromatic ring is 4. The smallest absolute Gasteiger partial charge is 0.336 e. The van der Waals surface area contributed by atoms with E-state index < -0.39 is 45.8 Å². The zero-order valence-electron chi connectivity index (χ0n) is 34.3. The fourth-order valence-corrected chi connectivity index (χ4v) is 6.49. The van der Waals surface area contributed by atoms with Crippen molar-refractivity contribution in [3.8, 4) is 0 Å². The average Bonchev–Trinajstić information content (AvgIpc) is 3.20. The molecule has 62 heavy (non-hydrogen) atoms. The molecule has 12 nitrogen and oxygen atoms in total. The van der Waals surface area contributed by atoms with Crippen molar-refractivity contribution in [2.24, 2.45) is 0 Å². The van der Waals surface area contributed by atoms with E-state index in [-0.39, 0.29) is 45.1 Å². The summed E-state index contributed by atoms with van der Waals surface area (Å²) in [5.74, 6) is -2.28. The monoisotopic (exact) mass is 856 g/mol. The van der Waals surface area contributed by atoms with Crippen LogP contribution in [0, 0.1) is 30.2 Å². The molecule has 0 fully saturated rings. The van der Waals surface area contributed by atoms with Crippen molar-refractivity contribution in [3.05, 3.63) is 160 Å². The van der Waals surface area contributed by atoms with Crippen LogP contribution < -0.4 is 45.4 Å². The van der Waals surface area contributed by atoms with Crippen LogP contribution in [0.15, 0.2) is 110 Å². The topological polar surface area (TPSA) is 225 Å². The van der Waals surface area contributed by atoms with Crippen molar-refractivity contribution in [1.82, 2.24) is 0 Å². The SMILES string of the molecule is CCCCc1cc(=O)oc2cc(F)c(N)cc12.CCCc1cc(=O)oc2cc(F)c(N)cc12.CCc1cc(=O)oc2cc(F)c(N)cc12.Cc1cc(=O)oc2cc(F)c(N)cc12. The highest BCUT2D eigenvalue weighted by molar-refractivity contribution is 5.86. The van der Waals surface area contributed by atoms with Crippen molar-refractivity contribution in [3.63, 3.8) is 0 Å². The number of unbranched alkanes of at least 4 members (excludes halogenated alkanes) is 1. The van der Waals surface area contributed by atoms with Crippen LogP contribution in [0.4, 0.5) is 40.3 Å². The van der Waals surface area contributed by atoms with Crippen LogP contribution in [0.3, 0.4) is 0 Å². The predicted octanol–water partition coefficient (Wildman–Crippen LogP) is 9.22. The minimum atomic E-state index is -0.578. The lowest BCUT2D eigenvalue weighted by molar-refractivity contribution is 0.551. The van der Waals surface area contributed by atoms with Gasteiger partial charge in [-0.15, -0.1) is 0 Å². The molecule has 4 aromatic heterocycles. The fourth-order valence-electron chi connectivity index (χ4n) is 6.49. The van der Waals surface area contributed by atoms with Gasteiger partial charge in [0, 0.05) is 70.1 Å². The van der Waals surface area contributed by atoms with Gasteiger partial charge in [0.05, 0.1) is 22.7 Å². The van der Waals surface area contributed by atoms with E-state index in [2.05, 4.69) is 6.92 Å². The summed E-state index contributed by atoms with van der Waals surface area (Å²) < 4.78 is 72.3. The highest BCUT2D eigenvalue weighted by atomic mass is 19.1. The maximum atomic E-state index is 13.3. The number of halogens is 4. The van der Waals surface area contributed by atoms with E-state index in [9.17, 15) is 36.7 Å². The molecule has 0 saturated heterocycles. The highest BCUT2D eigenvalue weighted by Crippen LogP contribution is 2.26. The Bertz CT molecular complexity index is 3180. The number of anilines is 4. The van der Waals surface area contributed by atoms with Crippen LogP contribution in [0.5, 0.6) is 0 Å². The number of fused-ring (bicyclic) bond motifs is 4. The molecule has 8 aromatic rings. The molecule has 16 heteroatoms. The molecule has 0 saturated carbocycles. The van der Waals surface area contributed by atoms with E-state index in [1.54, 1.807) is 6.92 Å². The molecular weight excluding hydrogens is 813 g/mol. The zero-order valence-corrected chi connectivity index (χ0v) is 34.3. The first kappa shape index (κ1) is 45.7. The number of nitrogens with two attached hydrogens (primary N) is 4. The first-order chi connectivity index (χ1) is 29.4. The predicted molar refractivity (Wildman–Crippen MR) is 234 cm³/mol. The van der Waals surface area contributed by atoms with Crippen molar-refractivity contribution >= 4 is 66.6 Å². The van der Waals surface area contributed by atoms with E-state index in [4.69, 9.17) is 40.6 Å². The van der Waals surface area contributed by atoms with Crippen molar-refractivity contribution in [1.29, 1.82) is 0 Å². The molecule has 8 N–H and O–H groups in total. The molecule has 0 spiro atoms. The Morgan fingerprint density at radius 3 is 1.11 bits per heavy atom. The molecule has 4 heterocycles. The Balaban J connectivity index is 0.000000156. The maximum Gasteiger partial charge on any atom is 0.336 e. The Labute approximate surface area is 350 Å². The third-order valence-corrected chi connectivity index (χ3v) is 9.61. The maximum absolute atomic E-state index is 13.3. The lowest BCUT2D eigenvalue weighted by Crippen LogP contribution is -2.02. The third-order valence-electron chi connectivity index (χ3n) is 9.61. The van der Waals surface area contributed by atoms with Gasteiger partial charge in [0.2, 0.25) is 0 Å². The van der Waals surface area contributed by atoms with Crippen LogP contribution in [0.2, 0.25) is 0 Å². The van der Waals surface area contributed by atoms with Crippen LogP contribution in [0.25, 0.3) is 43.9 Å². The van der Waals surface area contributed by atoms with E-state index in [1.165, 1.54) is 54.6 Å². The molecular formula is C46H44F4N4O8. The minimum absolute atomic E-state index is 0.0504. The summed E-state index contributed by atoms with van der Waals surface area (Å²) in [4.78, 5) is 44.7. The number of aryl methyl sites for hydroxylation is 4. The largest absolute Gasteiger partial charge is 0.423 e. The first-order valence-corrected chi connectivity index (χ1v) is 19.5. The molecule has 0 aliphatic carbocycles. The molecule has 0 atom stereocenters. The van der Waals surface area contributed by atoms with Gasteiger partial charge in [0.1, 0.15) is 45.6 Å². The standard InChI is InChI=1S/C13H14FNO2.C12H12FNO2.C11H10FNO2.C10H8FNO2/c1-2-3-4-8-5-13(16)17-12-7-10(14)11(15)6-9(8)12;1-2-3-7-4-12(15)16-11-6-9(13)10(14)5-8(7)11;1-2-6-3-11(14)15-10-5-8(12)9(13)4-7(6)10;1-5-2-10(13)14-9-4-7(11)8(12)3-6(5)9/h5-7H,2-4,15H2,1H3;4-6H,2-3,14H2,1H3;3-5H,2,13H2,1H3;2-4H,12H2,1H3. The number of rotatable bonds is 6. The first-order valence-electron chi connectivity index (χ1n) is 19.5. The van der Waals surface area contributed by atoms with E-state index in [0.717, 1.165) is 77.9 Å². The van der Waals surface area contributed by atoms with Gasteiger partial charge < -0.3 is 40.6 Å². The Morgan fingerprint density at radius 1 is 0.419 bits per heavy atom. The van der Waals surface area contributed by atoms with Gasteiger partial charge in [-0.2, -0.15) is 0 Å². The molecule has 0 aliphatic rings. The minimum Gasteiger partial charge on any atom is -0.423 e. The summed E-state index contributed by atoms with van der Waals surface area (Å²) >= 11 is 0. The molecule has 0 aliphatic heterocycles. The second kappa shape index (κ2) is 19.8. The number of hydrogen-bond donors (Lipinski definition) is 4. The molecule has 0 bridgehead atoms. The van der Waals surface area contributed by atoms with Gasteiger partial charge in [-0.25, -0.2) is 36.7 Å². The van der Waals surface area contributed by atoms with Gasteiger partial charge in [0.15, 0.2) is 0 Å². The van der Waals surface area contributed by atoms with Gasteiger partial charge in [-0.1, -0.05) is 33.6 Å². The summed E-state index contributed by atoms with van der Waals surface area (Å²) in [7, 11) is 0. The Hall–Kier alpha value is -7.36. The second-order valence-electron chi connectivity index (χ2n) is 14.2. The van der Waals surface area contributed by atoms with Crippen LogP contribution in [-0.4, -0.2) is 0 Å². The van der Waals surface area contributed by atoms with Crippen LogP contribution in [-0.2, 0) is 19.3 Å². The summed E-state index contributed by atoms with van der Waals surface area (Å²) in [6, 6.07) is 16.2. The molecule has 0 unspecified atom stereocenters. The molecule has 8 rings (SSSR count). The molecule has 4 aromatic carbocycles. The summed E-state index contributed by atoms with van der Waals surface area (Å²) in [5.41, 5.74) is 24.5. The average molecular weight is 857 g/mol. The quantitative estimate of drug-likeness (QED) is 0.0698. The second-order valence-corrected chi connectivity index (χ2v) is 14.2. The third kappa shape index (κ3) is 10.9. The van der Waals surface area contributed by atoms with E-state index in [1.807, 2.05) is 13.8 Å². The summed E-state index contributed by atoms with van der Waals surface area (Å²) in [6.45, 7) is 7.74. The molecule has 324 valence electrons. The van der Waals surface area contributed by atoms with Gasteiger partial charge in [0.25, 0.3) is 0 Å². The van der Waals surface area contributed by atoms with Crippen molar-refractivity contribution < 1.29 is 35.2 Å². The molecule has 0 amide bonds. The number of benzene rings is 4. The van der Waals surface area contributed by atoms with Gasteiger partial charge >= 0.3 is 22.5 Å². The lowest BCUT2D eigenvalue weighted by Gasteiger charge is -2.06. The van der Waals surface area contributed by atoms with E-state index >= 15 is 0 Å². The Morgan fingerprint density at radius 2 is 0.742 bits per heavy atom. The Kier molecular flexibility index (Phi) is 14.6. The highest BCUT2D eigenvalue weighted by Gasteiger charge is 2.12. The summed E-state index contributed by atoms with van der Waals surface area (Å²) in [5, 5.41) is 2.77. The number of hydrogen-bond acceptors (Lipinski definition) is 12. The van der Waals surface area contributed by atoms with Crippen molar-refractivity contribution in [2.75, 3.05) is 22.9 Å². The molecule has 0 radical (unpaired) electrons. The fraction of sp³-hybridized carbons (Fsp3) is 0.217. The van der Waals surface area contributed by atoms with Gasteiger partial charge in [-0.05, 0) is 79.1 Å². The van der Waals surface area contributed by atoms with E-state index in [0.29, 0.717) is 22.6 Å². The normalized spacial score (nSPS) is 10.8.